The van der Waals surface area contributed by atoms with Crippen LogP contribution in [0.2, 0.25) is 0 Å². The molecule has 0 fully saturated rings. The molecule has 0 aliphatic rings. The molecule has 158 valence electrons. The van der Waals surface area contributed by atoms with Gasteiger partial charge in [0, 0.05) is 11.0 Å². The van der Waals surface area contributed by atoms with Crippen molar-refractivity contribution >= 4 is 32.8 Å². The van der Waals surface area contributed by atoms with Gasteiger partial charge in [-0.2, -0.15) is 0 Å². The fourth-order valence-corrected chi connectivity index (χ4v) is 3.68. The van der Waals surface area contributed by atoms with Gasteiger partial charge in [-0.3, -0.25) is 4.79 Å². The fraction of sp³-hybridized carbons (Fsp3) is 0.167. The van der Waals surface area contributed by atoms with Gasteiger partial charge in [-0.25, -0.2) is 9.55 Å². The van der Waals surface area contributed by atoms with Crippen LogP contribution in [0.4, 0.5) is 5.95 Å². The number of nitrogens with zero attached hydrogens (tertiary/aromatic N) is 2. The van der Waals surface area contributed by atoms with E-state index in [9.17, 15) is 4.79 Å². The summed E-state index contributed by atoms with van der Waals surface area (Å²) in [6, 6.07) is 19.0. The fourth-order valence-electron chi connectivity index (χ4n) is 3.42. The molecule has 0 spiro atoms. The molecule has 3 aromatic carbocycles. The zero-order chi connectivity index (χ0) is 22.0. The van der Waals surface area contributed by atoms with Crippen LogP contribution in [0.1, 0.15) is 11.1 Å². The number of hydrogen-bond donors (Lipinski definition) is 1. The van der Waals surface area contributed by atoms with Crippen LogP contribution in [0, 0.1) is 6.92 Å². The Balaban J connectivity index is 1.79. The maximum atomic E-state index is 13.4. The Kier molecular flexibility index (Phi) is 5.95. The lowest BCUT2D eigenvalue weighted by atomic mass is 10.1. The van der Waals surface area contributed by atoms with E-state index in [1.807, 2.05) is 67.6 Å². The molecule has 0 aliphatic heterocycles. The highest BCUT2D eigenvalue weighted by atomic mass is 79.9. The van der Waals surface area contributed by atoms with Gasteiger partial charge in [0.05, 0.1) is 30.8 Å². The summed E-state index contributed by atoms with van der Waals surface area (Å²) >= 11 is 3.45. The van der Waals surface area contributed by atoms with Crippen molar-refractivity contribution in [2.24, 2.45) is 0 Å². The third-order valence-corrected chi connectivity index (χ3v) is 5.54. The van der Waals surface area contributed by atoms with Crippen molar-refractivity contribution in [1.82, 2.24) is 9.55 Å². The molecule has 0 radical (unpaired) electrons. The first kappa shape index (κ1) is 20.9. The average molecular weight is 480 g/mol. The molecule has 0 unspecified atom stereocenters. The highest BCUT2D eigenvalue weighted by Gasteiger charge is 2.14. The molecular formula is C24H22BrN3O3. The van der Waals surface area contributed by atoms with E-state index >= 15 is 0 Å². The standard InChI is InChI=1S/C24H22BrN3O3/c1-15-4-10-20-19(12-15)23(29)28(18-8-6-17(25)7-9-18)24(27-20)26-14-16-5-11-21(30-2)22(13-16)31-3/h4-13H,14H2,1-3H3,(H,26,27). The number of rotatable bonds is 6. The predicted octanol–water partition coefficient (Wildman–Crippen LogP) is 5.09. The molecule has 4 aromatic rings. The van der Waals surface area contributed by atoms with E-state index in [0.717, 1.165) is 21.3 Å². The highest BCUT2D eigenvalue weighted by molar-refractivity contribution is 9.10. The molecule has 6 nitrogen and oxygen atoms in total. The number of ether oxygens (including phenoxy) is 2. The van der Waals surface area contributed by atoms with Gasteiger partial charge in [0.2, 0.25) is 5.95 Å². The van der Waals surface area contributed by atoms with Crippen LogP contribution < -0.4 is 20.3 Å². The minimum Gasteiger partial charge on any atom is -0.493 e. The Labute approximate surface area is 188 Å². The van der Waals surface area contributed by atoms with Gasteiger partial charge in [-0.1, -0.05) is 33.6 Å². The smallest absolute Gasteiger partial charge is 0.267 e. The van der Waals surface area contributed by atoms with E-state index in [0.29, 0.717) is 34.9 Å². The maximum absolute atomic E-state index is 13.4. The SMILES string of the molecule is COc1ccc(CNc2nc3ccc(C)cc3c(=O)n2-c2ccc(Br)cc2)cc1OC. The second kappa shape index (κ2) is 8.81. The number of halogens is 1. The van der Waals surface area contributed by atoms with Crippen molar-refractivity contribution in [2.75, 3.05) is 19.5 Å². The van der Waals surface area contributed by atoms with Crippen molar-refractivity contribution in [1.29, 1.82) is 0 Å². The Bertz CT molecular complexity index is 1300. The first-order valence-electron chi connectivity index (χ1n) is 9.74. The Morgan fingerprint density at radius 1 is 0.968 bits per heavy atom. The Morgan fingerprint density at radius 2 is 1.71 bits per heavy atom. The van der Waals surface area contributed by atoms with Crippen LogP contribution in [0.3, 0.4) is 0 Å². The highest BCUT2D eigenvalue weighted by Crippen LogP contribution is 2.28. The van der Waals surface area contributed by atoms with Gasteiger partial charge in [0.1, 0.15) is 0 Å². The normalized spacial score (nSPS) is 10.8. The number of aryl methyl sites for hydroxylation is 1. The molecule has 7 heteroatoms. The number of aromatic nitrogens is 2. The number of methoxy groups -OCH3 is 2. The van der Waals surface area contributed by atoms with E-state index in [4.69, 9.17) is 14.5 Å². The summed E-state index contributed by atoms with van der Waals surface area (Å²) in [4.78, 5) is 18.2. The number of hydrogen-bond acceptors (Lipinski definition) is 5. The van der Waals surface area contributed by atoms with Gasteiger partial charge in [0.15, 0.2) is 11.5 Å². The molecular weight excluding hydrogens is 458 g/mol. The van der Waals surface area contributed by atoms with Crippen LogP contribution >= 0.6 is 15.9 Å². The first-order chi connectivity index (χ1) is 15.0. The Morgan fingerprint density at radius 3 is 2.42 bits per heavy atom. The average Bonchev–Trinajstić information content (AvgIpc) is 2.79. The van der Waals surface area contributed by atoms with Crippen LogP contribution in [0.25, 0.3) is 16.6 Å². The molecule has 0 aliphatic carbocycles. The van der Waals surface area contributed by atoms with E-state index in [-0.39, 0.29) is 5.56 Å². The summed E-state index contributed by atoms with van der Waals surface area (Å²) in [6.45, 7) is 2.42. The Hall–Kier alpha value is -3.32. The second-order valence-corrected chi connectivity index (χ2v) is 8.03. The second-order valence-electron chi connectivity index (χ2n) is 7.12. The summed E-state index contributed by atoms with van der Waals surface area (Å²) in [5, 5.41) is 3.91. The molecule has 0 saturated heterocycles. The predicted molar refractivity (Wildman–Crippen MR) is 127 cm³/mol. The van der Waals surface area contributed by atoms with Gasteiger partial charge in [-0.15, -0.1) is 0 Å². The molecule has 4 rings (SSSR count). The zero-order valence-corrected chi connectivity index (χ0v) is 19.1. The third-order valence-electron chi connectivity index (χ3n) is 5.01. The molecule has 31 heavy (non-hydrogen) atoms. The van der Waals surface area contributed by atoms with E-state index < -0.39 is 0 Å². The zero-order valence-electron chi connectivity index (χ0n) is 17.5. The van der Waals surface area contributed by atoms with Crippen LogP contribution in [-0.2, 0) is 6.54 Å². The lowest BCUT2D eigenvalue weighted by molar-refractivity contribution is 0.354. The summed E-state index contributed by atoms with van der Waals surface area (Å²) in [5.41, 5.74) is 3.25. The number of fused-ring (bicyclic) bond motifs is 1. The molecule has 0 bridgehead atoms. The summed E-state index contributed by atoms with van der Waals surface area (Å²) in [5.74, 6) is 1.78. The van der Waals surface area contributed by atoms with E-state index in [1.165, 1.54) is 0 Å². The van der Waals surface area contributed by atoms with Crippen molar-refractivity contribution in [3.05, 3.63) is 86.6 Å². The van der Waals surface area contributed by atoms with E-state index in [2.05, 4.69) is 21.2 Å². The summed E-state index contributed by atoms with van der Waals surface area (Å²) in [7, 11) is 3.21. The van der Waals surface area contributed by atoms with Gasteiger partial charge in [0.25, 0.3) is 5.56 Å². The summed E-state index contributed by atoms with van der Waals surface area (Å²) < 4.78 is 13.2. The molecule has 0 saturated carbocycles. The van der Waals surface area contributed by atoms with Gasteiger partial charge < -0.3 is 14.8 Å². The lowest BCUT2D eigenvalue weighted by Crippen LogP contribution is -2.24. The van der Waals surface area contributed by atoms with Crippen molar-refractivity contribution in [3.63, 3.8) is 0 Å². The number of benzene rings is 3. The third kappa shape index (κ3) is 4.27. The molecule has 1 aromatic heterocycles. The molecule has 0 atom stereocenters. The largest absolute Gasteiger partial charge is 0.493 e. The summed E-state index contributed by atoms with van der Waals surface area (Å²) in [6.07, 6.45) is 0. The number of anilines is 1. The van der Waals surface area contributed by atoms with Gasteiger partial charge in [-0.05, 0) is 61.0 Å². The minimum atomic E-state index is -0.120. The van der Waals surface area contributed by atoms with Crippen LogP contribution in [0.5, 0.6) is 11.5 Å². The first-order valence-corrected chi connectivity index (χ1v) is 10.5. The molecule has 1 heterocycles. The number of nitrogens with one attached hydrogen (secondary N) is 1. The topological polar surface area (TPSA) is 65.4 Å². The van der Waals surface area contributed by atoms with Crippen LogP contribution in [-0.4, -0.2) is 23.8 Å². The maximum Gasteiger partial charge on any atom is 0.267 e. The molecule has 0 amide bonds. The van der Waals surface area contributed by atoms with Crippen molar-refractivity contribution in [2.45, 2.75) is 13.5 Å². The van der Waals surface area contributed by atoms with E-state index in [1.54, 1.807) is 18.8 Å². The van der Waals surface area contributed by atoms with Crippen molar-refractivity contribution < 1.29 is 9.47 Å². The van der Waals surface area contributed by atoms with Gasteiger partial charge >= 0.3 is 0 Å². The monoisotopic (exact) mass is 479 g/mol. The lowest BCUT2D eigenvalue weighted by Gasteiger charge is -2.16. The minimum absolute atomic E-state index is 0.120. The van der Waals surface area contributed by atoms with Crippen LogP contribution in [0.15, 0.2) is 69.9 Å². The molecule has 1 N–H and O–H groups in total. The quantitative estimate of drug-likeness (QED) is 0.417. The van der Waals surface area contributed by atoms with Crippen molar-refractivity contribution in [3.8, 4) is 17.2 Å².